The van der Waals surface area contributed by atoms with Crippen molar-refractivity contribution in [1.29, 1.82) is 0 Å². The SMILES string of the molecule is C=CCn1c(SCC(=O)Nc2ccccc2Sc2ccccc2)nc2sc(C)c(C)c2c1=O. The molecule has 2 aromatic carbocycles. The third-order valence-corrected chi connectivity index (χ3v) is 8.19. The molecule has 0 aliphatic carbocycles. The summed E-state index contributed by atoms with van der Waals surface area (Å²) in [6.07, 6.45) is 1.67. The van der Waals surface area contributed by atoms with Crippen molar-refractivity contribution in [2.24, 2.45) is 0 Å². The van der Waals surface area contributed by atoms with E-state index in [0.717, 1.165) is 25.9 Å². The molecule has 0 atom stereocenters. The summed E-state index contributed by atoms with van der Waals surface area (Å²) in [5, 5.41) is 4.18. The van der Waals surface area contributed by atoms with E-state index in [4.69, 9.17) is 4.98 Å². The standard InChI is InChI=1S/C25H23N3O2S3/c1-4-14-28-24(30)22-16(2)17(3)32-23(22)27-25(28)31-15-21(29)26-19-12-8-9-13-20(19)33-18-10-6-5-7-11-18/h4-13H,1,14-15H2,2-3H3,(H,26,29). The number of allylic oxidation sites excluding steroid dienone is 1. The molecule has 0 aliphatic heterocycles. The van der Waals surface area contributed by atoms with Crippen LogP contribution in [0.4, 0.5) is 5.69 Å². The van der Waals surface area contributed by atoms with E-state index < -0.39 is 0 Å². The highest BCUT2D eigenvalue weighted by atomic mass is 32.2. The predicted molar refractivity (Wildman–Crippen MR) is 140 cm³/mol. The number of amides is 1. The van der Waals surface area contributed by atoms with Crippen molar-refractivity contribution >= 4 is 56.7 Å². The number of aryl methyl sites for hydroxylation is 2. The maximum Gasteiger partial charge on any atom is 0.263 e. The van der Waals surface area contributed by atoms with E-state index in [1.54, 1.807) is 22.4 Å². The number of aromatic nitrogens is 2. The highest BCUT2D eigenvalue weighted by molar-refractivity contribution is 8.00. The predicted octanol–water partition coefficient (Wildman–Crippen LogP) is 6.14. The Hall–Kier alpha value is -2.81. The fourth-order valence-electron chi connectivity index (χ4n) is 3.30. The summed E-state index contributed by atoms with van der Waals surface area (Å²) >= 11 is 4.36. The summed E-state index contributed by atoms with van der Waals surface area (Å²) in [5.74, 6) is -0.0119. The number of carbonyl (C=O) groups excluding carboxylic acids is 1. The second-order valence-corrected chi connectivity index (χ2v) is 10.6. The first-order chi connectivity index (χ1) is 16.0. The minimum atomic E-state index is -0.154. The first-order valence-electron chi connectivity index (χ1n) is 10.3. The molecule has 8 heteroatoms. The van der Waals surface area contributed by atoms with Gasteiger partial charge in [0.15, 0.2) is 5.16 Å². The molecule has 0 spiro atoms. The number of nitrogens with zero attached hydrogens (tertiary/aromatic N) is 2. The van der Waals surface area contributed by atoms with Crippen molar-refractivity contribution in [2.75, 3.05) is 11.1 Å². The zero-order chi connectivity index (χ0) is 23.4. The molecular formula is C25H23N3O2S3. The number of hydrogen-bond donors (Lipinski definition) is 1. The van der Waals surface area contributed by atoms with Gasteiger partial charge in [-0.15, -0.1) is 17.9 Å². The van der Waals surface area contributed by atoms with E-state index in [-0.39, 0.29) is 17.2 Å². The Bertz CT molecular complexity index is 1380. The van der Waals surface area contributed by atoms with Crippen LogP contribution in [0.5, 0.6) is 0 Å². The maximum absolute atomic E-state index is 13.1. The monoisotopic (exact) mass is 493 g/mol. The van der Waals surface area contributed by atoms with Crippen molar-refractivity contribution in [2.45, 2.75) is 35.3 Å². The highest BCUT2D eigenvalue weighted by Gasteiger charge is 2.17. The summed E-state index contributed by atoms with van der Waals surface area (Å²) in [6, 6.07) is 17.8. The van der Waals surface area contributed by atoms with Crippen LogP contribution in [0.1, 0.15) is 10.4 Å². The second kappa shape index (κ2) is 10.4. The van der Waals surface area contributed by atoms with Crippen LogP contribution in [0, 0.1) is 13.8 Å². The molecule has 168 valence electrons. The lowest BCUT2D eigenvalue weighted by Gasteiger charge is -2.12. The van der Waals surface area contributed by atoms with E-state index in [1.807, 2.05) is 68.4 Å². The van der Waals surface area contributed by atoms with Gasteiger partial charge in [-0.3, -0.25) is 14.2 Å². The van der Waals surface area contributed by atoms with Gasteiger partial charge >= 0.3 is 0 Å². The van der Waals surface area contributed by atoms with Crippen LogP contribution in [-0.2, 0) is 11.3 Å². The van der Waals surface area contributed by atoms with Crippen LogP contribution in [0.15, 0.2) is 87.0 Å². The molecule has 4 rings (SSSR count). The van der Waals surface area contributed by atoms with Gasteiger partial charge in [0, 0.05) is 21.2 Å². The number of rotatable bonds is 8. The summed E-state index contributed by atoms with van der Waals surface area (Å²) < 4.78 is 1.59. The van der Waals surface area contributed by atoms with Crippen LogP contribution < -0.4 is 10.9 Å². The lowest BCUT2D eigenvalue weighted by atomic mass is 10.2. The molecule has 33 heavy (non-hydrogen) atoms. The summed E-state index contributed by atoms with van der Waals surface area (Å²) in [7, 11) is 0. The molecule has 4 aromatic rings. The molecule has 0 bridgehead atoms. The molecule has 0 unspecified atom stereocenters. The topological polar surface area (TPSA) is 64.0 Å². The Labute approximate surface area is 205 Å². The normalized spacial score (nSPS) is 11.0. The first-order valence-corrected chi connectivity index (χ1v) is 13.0. The number of fused-ring (bicyclic) bond motifs is 1. The maximum atomic E-state index is 13.1. The molecule has 0 radical (unpaired) electrons. The summed E-state index contributed by atoms with van der Waals surface area (Å²) in [6.45, 7) is 8.04. The van der Waals surface area contributed by atoms with E-state index in [1.165, 1.54) is 23.1 Å². The average Bonchev–Trinajstić information content (AvgIpc) is 3.10. The van der Waals surface area contributed by atoms with Gasteiger partial charge in [-0.25, -0.2) is 4.98 Å². The van der Waals surface area contributed by atoms with Crippen LogP contribution in [0.25, 0.3) is 10.2 Å². The van der Waals surface area contributed by atoms with Crippen molar-refractivity contribution in [1.82, 2.24) is 9.55 Å². The molecule has 2 heterocycles. The zero-order valence-electron chi connectivity index (χ0n) is 18.3. The molecule has 0 saturated heterocycles. The van der Waals surface area contributed by atoms with E-state index >= 15 is 0 Å². The van der Waals surface area contributed by atoms with Gasteiger partial charge in [0.2, 0.25) is 5.91 Å². The Morgan fingerprint density at radius 1 is 1.15 bits per heavy atom. The highest BCUT2D eigenvalue weighted by Crippen LogP contribution is 2.33. The zero-order valence-corrected chi connectivity index (χ0v) is 20.8. The fraction of sp³-hybridized carbons (Fsp3) is 0.160. The number of thioether (sulfide) groups is 1. The molecule has 0 aliphatic rings. The lowest BCUT2D eigenvalue weighted by Crippen LogP contribution is -2.23. The van der Waals surface area contributed by atoms with Crippen LogP contribution in [-0.4, -0.2) is 21.2 Å². The minimum absolute atomic E-state index is 0.0886. The van der Waals surface area contributed by atoms with Gasteiger partial charge in [0.05, 0.1) is 16.8 Å². The van der Waals surface area contributed by atoms with E-state index in [2.05, 4.69) is 11.9 Å². The molecule has 0 fully saturated rings. The third kappa shape index (κ3) is 5.24. The number of benzene rings is 2. The second-order valence-electron chi connectivity index (χ2n) is 7.31. The summed E-state index contributed by atoms with van der Waals surface area (Å²) in [4.78, 5) is 34.4. The van der Waals surface area contributed by atoms with Crippen molar-refractivity contribution < 1.29 is 4.79 Å². The fourth-order valence-corrected chi connectivity index (χ4v) is 6.10. The lowest BCUT2D eigenvalue weighted by molar-refractivity contribution is -0.113. The molecule has 2 aromatic heterocycles. The van der Waals surface area contributed by atoms with Gasteiger partial charge in [0.25, 0.3) is 5.56 Å². The Morgan fingerprint density at radius 2 is 1.88 bits per heavy atom. The number of para-hydroxylation sites is 1. The molecule has 5 nitrogen and oxygen atoms in total. The molecule has 1 N–H and O–H groups in total. The van der Waals surface area contributed by atoms with Crippen LogP contribution in [0.2, 0.25) is 0 Å². The first kappa shape index (κ1) is 23.4. The number of nitrogens with one attached hydrogen (secondary N) is 1. The Morgan fingerprint density at radius 3 is 2.64 bits per heavy atom. The summed E-state index contributed by atoms with van der Waals surface area (Å²) in [5.41, 5.74) is 1.63. The smallest absolute Gasteiger partial charge is 0.263 e. The Kier molecular flexibility index (Phi) is 7.37. The van der Waals surface area contributed by atoms with Crippen molar-refractivity contribution in [3.8, 4) is 0 Å². The Balaban J connectivity index is 1.52. The van der Waals surface area contributed by atoms with Crippen LogP contribution in [0.3, 0.4) is 0 Å². The van der Waals surface area contributed by atoms with Gasteiger partial charge in [-0.1, -0.05) is 59.9 Å². The van der Waals surface area contributed by atoms with Crippen LogP contribution >= 0.6 is 34.9 Å². The van der Waals surface area contributed by atoms with E-state index in [0.29, 0.717) is 21.9 Å². The van der Waals surface area contributed by atoms with Crippen molar-refractivity contribution in [3.05, 3.63) is 88.0 Å². The number of hydrogen-bond acceptors (Lipinski definition) is 6. The molecule has 1 amide bonds. The third-order valence-electron chi connectivity index (χ3n) is 5.03. The average molecular weight is 494 g/mol. The largest absolute Gasteiger partial charge is 0.324 e. The molecule has 0 saturated carbocycles. The van der Waals surface area contributed by atoms with Crippen molar-refractivity contribution in [3.63, 3.8) is 0 Å². The quantitative estimate of drug-likeness (QED) is 0.181. The minimum Gasteiger partial charge on any atom is -0.324 e. The number of anilines is 1. The van der Waals surface area contributed by atoms with Gasteiger partial charge in [0.1, 0.15) is 4.83 Å². The van der Waals surface area contributed by atoms with Gasteiger partial charge in [-0.2, -0.15) is 0 Å². The molecular weight excluding hydrogens is 470 g/mol. The number of thiophene rings is 1. The van der Waals surface area contributed by atoms with E-state index in [9.17, 15) is 9.59 Å². The van der Waals surface area contributed by atoms with Gasteiger partial charge < -0.3 is 5.32 Å². The van der Waals surface area contributed by atoms with Gasteiger partial charge in [-0.05, 0) is 43.7 Å². The number of carbonyl (C=O) groups is 1.